The highest BCUT2D eigenvalue weighted by molar-refractivity contribution is 7.80. The van der Waals surface area contributed by atoms with E-state index in [4.69, 9.17) is 22.3 Å². The van der Waals surface area contributed by atoms with Crippen LogP contribution in [0.4, 0.5) is 0 Å². The average Bonchev–Trinajstić information content (AvgIpc) is 1.95. The topological polar surface area (TPSA) is 412 Å². The number of carboxylic acid groups (broad SMARTS) is 1. The van der Waals surface area contributed by atoms with Crippen molar-refractivity contribution in [2.75, 3.05) is 77.7 Å². The van der Waals surface area contributed by atoms with Crippen LogP contribution in [-0.4, -0.2) is 250 Å². The molecule has 0 aromatic carbocycles. The van der Waals surface area contributed by atoms with Gasteiger partial charge in [-0.05, 0) is 154 Å². The fourth-order valence-electron chi connectivity index (χ4n) is 12.9. The number of nitrogens with one attached hydrogen (secondary N) is 6. The van der Waals surface area contributed by atoms with E-state index in [-0.39, 0.29) is 75.5 Å². The van der Waals surface area contributed by atoms with Crippen molar-refractivity contribution in [1.29, 1.82) is 0 Å². The summed E-state index contributed by atoms with van der Waals surface area (Å²) in [5.41, 5.74) is 17.3. The number of aliphatic carboxylic acids is 1. The number of carboxylic acids is 1. The molecular formula is C57H93N15O14S. The summed E-state index contributed by atoms with van der Waals surface area (Å²) in [7, 11) is 0. The standard InChI is InChI=1S/C57H93N15O14S/c1-35(73)63-37(15-3-6-24-59)51(79)69-28-10-19-42(69)55(83)71-30-13-22-45(71)54(82)68-27-9-18-41(68)50(78)66-38(16-4-7-25-60)52(80)70-29-11-20-43(70)56(84)72-31-12-21-44(72)53(81)67-26-8-17-40(67)49(77)65-36(14-2-5-23-58)48(76)62-32-46(74)61-33-47(75)64-39(34-87)57(85)86/h36-45,87H,2-34,58-60H2,1H3,(H,61,74)(H,62,76)(H,63,73)(H,64,75)(H,65,77)(H,66,78)(H,85,86). The quantitative estimate of drug-likeness (QED) is 0.0237. The van der Waals surface area contributed by atoms with Crippen LogP contribution in [0.2, 0.25) is 0 Å². The predicted molar refractivity (Wildman–Crippen MR) is 318 cm³/mol. The van der Waals surface area contributed by atoms with Crippen LogP contribution in [-0.2, 0) is 62.3 Å². The van der Waals surface area contributed by atoms with Gasteiger partial charge < -0.3 is 83.6 Å². The zero-order valence-corrected chi connectivity index (χ0v) is 51.1. The van der Waals surface area contributed by atoms with Gasteiger partial charge in [-0.2, -0.15) is 12.6 Å². The minimum absolute atomic E-state index is 0.147. The normalized spacial score (nSPS) is 23.2. The Balaban J connectivity index is 1.07. The molecular weight excluding hydrogens is 1150 g/mol. The van der Waals surface area contributed by atoms with E-state index in [1.807, 2.05) is 0 Å². The Morgan fingerprint density at radius 2 is 0.759 bits per heavy atom. The summed E-state index contributed by atoms with van der Waals surface area (Å²) in [5, 5.41) is 24.6. The molecule has 486 valence electrons. The van der Waals surface area contributed by atoms with Gasteiger partial charge in [0.15, 0.2) is 0 Å². The first-order valence-corrected chi connectivity index (χ1v) is 31.9. The summed E-state index contributed by atoms with van der Waals surface area (Å²) in [6, 6.07) is -9.85. The van der Waals surface area contributed by atoms with E-state index >= 15 is 0 Å². The second kappa shape index (κ2) is 34.2. The Bertz CT molecular complexity index is 2500. The first-order valence-electron chi connectivity index (χ1n) is 31.2. The maximum atomic E-state index is 14.8. The summed E-state index contributed by atoms with van der Waals surface area (Å²) >= 11 is 3.89. The van der Waals surface area contributed by atoms with E-state index in [2.05, 4.69) is 44.5 Å². The number of unbranched alkanes of at least 4 members (excludes halogenated alkanes) is 3. The van der Waals surface area contributed by atoms with Crippen molar-refractivity contribution >= 4 is 89.5 Å². The van der Waals surface area contributed by atoms with Gasteiger partial charge >= 0.3 is 5.97 Å². The number of nitrogens with two attached hydrogens (primary N) is 3. The number of nitrogens with zero attached hydrogens (tertiary/aromatic N) is 6. The highest BCUT2D eigenvalue weighted by atomic mass is 32.1. The zero-order valence-electron chi connectivity index (χ0n) is 50.2. The lowest BCUT2D eigenvalue weighted by Gasteiger charge is -2.36. The number of rotatable bonds is 31. The van der Waals surface area contributed by atoms with Gasteiger partial charge in [-0.1, -0.05) is 0 Å². The van der Waals surface area contributed by atoms with Crippen molar-refractivity contribution in [1.82, 2.24) is 61.3 Å². The van der Waals surface area contributed by atoms with E-state index in [0.717, 1.165) is 0 Å². The number of hydrogen-bond donors (Lipinski definition) is 11. The molecule has 6 saturated heterocycles. The fraction of sp³-hybridized carbons (Fsp3) is 0.772. The van der Waals surface area contributed by atoms with Crippen molar-refractivity contribution in [3.05, 3.63) is 0 Å². The van der Waals surface area contributed by atoms with E-state index < -0.39 is 133 Å². The third-order valence-electron chi connectivity index (χ3n) is 17.4. The molecule has 0 saturated carbocycles. The van der Waals surface area contributed by atoms with Crippen molar-refractivity contribution in [2.24, 2.45) is 17.2 Å². The van der Waals surface area contributed by atoms with Crippen LogP contribution in [0, 0.1) is 0 Å². The first kappa shape index (κ1) is 69.4. The third-order valence-corrected chi connectivity index (χ3v) is 17.8. The van der Waals surface area contributed by atoms with Gasteiger partial charge in [-0.15, -0.1) is 0 Å². The maximum absolute atomic E-state index is 14.8. The highest BCUT2D eigenvalue weighted by Crippen LogP contribution is 2.32. The first-order chi connectivity index (χ1) is 41.8. The molecule has 6 rings (SSSR count). The van der Waals surface area contributed by atoms with Crippen molar-refractivity contribution < 1.29 is 67.4 Å². The van der Waals surface area contributed by atoms with E-state index in [1.54, 1.807) is 0 Å². The summed E-state index contributed by atoms with van der Waals surface area (Å²) < 4.78 is 0. The second-order valence-electron chi connectivity index (χ2n) is 23.5. The molecule has 10 atom stereocenters. The lowest BCUT2D eigenvalue weighted by atomic mass is 10.0. The number of carbonyl (C=O) groups excluding carboxylic acids is 12. The molecule has 12 amide bonds. The molecule has 87 heavy (non-hydrogen) atoms. The molecule has 6 aliphatic rings. The molecule has 13 N–H and O–H groups in total. The second-order valence-corrected chi connectivity index (χ2v) is 23.9. The minimum Gasteiger partial charge on any atom is -0.480 e. The number of thiol groups is 1. The molecule has 0 aromatic rings. The fourth-order valence-corrected chi connectivity index (χ4v) is 13.2. The Labute approximate surface area is 513 Å². The molecule has 30 heteroatoms. The van der Waals surface area contributed by atoms with Crippen LogP contribution >= 0.6 is 12.6 Å². The molecule has 29 nitrogen and oxygen atoms in total. The smallest absolute Gasteiger partial charge is 0.327 e. The largest absolute Gasteiger partial charge is 0.480 e. The molecule has 6 fully saturated rings. The van der Waals surface area contributed by atoms with E-state index in [1.165, 1.54) is 36.3 Å². The SMILES string of the molecule is CC(=O)NC(CCCCN)C(=O)N1CCCC1C(=O)N1CCCC1C(=O)N1CCCC1C(=O)NC(CCCCN)C(=O)N1CCCC1C(=O)N1CCCC1C(=O)N1CCCC1C(=O)NC(CCCCN)C(=O)NCC(=O)NCC(=O)NC(CS)C(=O)O. The summed E-state index contributed by atoms with van der Waals surface area (Å²) in [5.74, 6) is -7.72. The van der Waals surface area contributed by atoms with Crippen LogP contribution in [0.3, 0.4) is 0 Å². The summed E-state index contributed by atoms with van der Waals surface area (Å²) in [6.45, 7) is 2.76. The number of hydrogen-bond acceptors (Lipinski definition) is 17. The highest BCUT2D eigenvalue weighted by Gasteiger charge is 2.49. The zero-order chi connectivity index (χ0) is 63.3. The average molecular weight is 1240 g/mol. The van der Waals surface area contributed by atoms with Gasteiger partial charge in [-0.3, -0.25) is 57.5 Å². The van der Waals surface area contributed by atoms with Gasteiger partial charge in [0.25, 0.3) is 0 Å². The maximum Gasteiger partial charge on any atom is 0.327 e. The lowest BCUT2D eigenvalue weighted by Crippen LogP contribution is -2.59. The van der Waals surface area contributed by atoms with Crippen molar-refractivity contribution in [2.45, 2.75) is 202 Å². The molecule has 0 radical (unpaired) electrons. The van der Waals surface area contributed by atoms with Gasteiger partial charge in [0, 0.05) is 51.9 Å². The number of carbonyl (C=O) groups is 13. The predicted octanol–water partition coefficient (Wildman–Crippen LogP) is -3.47. The Kier molecular flexibility index (Phi) is 27.3. The van der Waals surface area contributed by atoms with Gasteiger partial charge in [0.1, 0.15) is 60.4 Å². The van der Waals surface area contributed by atoms with Crippen LogP contribution in [0.1, 0.15) is 142 Å². The lowest BCUT2D eigenvalue weighted by molar-refractivity contribution is -0.152. The van der Waals surface area contributed by atoms with Crippen LogP contribution in [0.5, 0.6) is 0 Å². The molecule has 6 aliphatic heterocycles. The van der Waals surface area contributed by atoms with Crippen molar-refractivity contribution in [3.8, 4) is 0 Å². The van der Waals surface area contributed by atoms with Gasteiger partial charge in [0.2, 0.25) is 70.9 Å². The van der Waals surface area contributed by atoms with Gasteiger partial charge in [0.05, 0.1) is 13.1 Å². The van der Waals surface area contributed by atoms with E-state index in [9.17, 15) is 62.3 Å². The van der Waals surface area contributed by atoms with E-state index in [0.29, 0.717) is 142 Å². The van der Waals surface area contributed by atoms with Crippen LogP contribution in [0.15, 0.2) is 0 Å². The molecule has 10 unspecified atom stereocenters. The Morgan fingerprint density at radius 3 is 1.14 bits per heavy atom. The molecule has 0 aromatic heterocycles. The molecule has 0 aliphatic carbocycles. The Hall–Kier alpha value is -6.66. The molecule has 0 spiro atoms. The van der Waals surface area contributed by atoms with Gasteiger partial charge in [-0.25, -0.2) is 4.79 Å². The number of amides is 12. The van der Waals surface area contributed by atoms with Crippen LogP contribution in [0.25, 0.3) is 0 Å². The molecule has 6 heterocycles. The Morgan fingerprint density at radius 1 is 0.425 bits per heavy atom. The van der Waals surface area contributed by atoms with Crippen LogP contribution < -0.4 is 49.1 Å². The molecule has 0 bridgehead atoms. The van der Waals surface area contributed by atoms with Crippen molar-refractivity contribution in [3.63, 3.8) is 0 Å². The number of likely N-dealkylation sites (tertiary alicyclic amines) is 6. The minimum atomic E-state index is -1.31. The summed E-state index contributed by atoms with van der Waals surface area (Å²) in [6.07, 6.45) is 8.89. The third kappa shape index (κ3) is 18.5. The monoisotopic (exact) mass is 1240 g/mol. The summed E-state index contributed by atoms with van der Waals surface area (Å²) in [4.78, 5) is 186.